The topological polar surface area (TPSA) is 98.7 Å². The molecule has 1 aromatic rings. The number of hydrogen-bond acceptors (Lipinski definition) is 4. The summed E-state index contributed by atoms with van der Waals surface area (Å²) in [5.74, 6) is -2.49. The zero-order valence-electron chi connectivity index (χ0n) is 12.9. The molecule has 0 spiro atoms. The number of aliphatic hydroxyl groups is 1. The Morgan fingerprint density at radius 2 is 2.08 bits per heavy atom. The Bertz CT molecular complexity index is 664. The molecule has 1 aromatic carbocycles. The second kappa shape index (κ2) is 7.14. The summed E-state index contributed by atoms with van der Waals surface area (Å²) in [6.45, 7) is 1.81. The molecular weight excluding hydrogens is 341 g/mol. The first kappa shape index (κ1) is 18.2. The molecule has 1 aliphatic heterocycles. The van der Waals surface area contributed by atoms with Gasteiger partial charge in [0.2, 0.25) is 5.60 Å². The first-order valence-electron chi connectivity index (χ1n) is 7.33. The average molecular weight is 358 g/mol. The highest BCUT2D eigenvalue weighted by molar-refractivity contribution is 6.30. The first-order valence-corrected chi connectivity index (χ1v) is 7.71. The second-order valence-corrected chi connectivity index (χ2v) is 5.80. The number of halogens is 2. The van der Waals surface area contributed by atoms with Crippen LogP contribution >= 0.6 is 11.6 Å². The predicted molar refractivity (Wildman–Crippen MR) is 83.6 cm³/mol. The van der Waals surface area contributed by atoms with Gasteiger partial charge in [-0.3, -0.25) is 14.5 Å². The van der Waals surface area contributed by atoms with Gasteiger partial charge in [-0.1, -0.05) is 11.6 Å². The smallest absolute Gasteiger partial charge is 0.324 e. The highest BCUT2D eigenvalue weighted by Crippen LogP contribution is 2.24. The fraction of sp³-hybridized carbons (Fsp3) is 0.400. The molecule has 130 valence electrons. The van der Waals surface area contributed by atoms with Crippen LogP contribution in [0.25, 0.3) is 0 Å². The number of hydrogen-bond donors (Lipinski definition) is 3. The number of carbonyl (C=O) groups excluding carboxylic acids is 3. The van der Waals surface area contributed by atoms with Crippen molar-refractivity contribution in [3.05, 3.63) is 34.6 Å². The van der Waals surface area contributed by atoms with Gasteiger partial charge in [0.1, 0.15) is 5.82 Å². The monoisotopic (exact) mass is 357 g/mol. The molecule has 7 nitrogen and oxygen atoms in total. The van der Waals surface area contributed by atoms with Crippen LogP contribution in [0.1, 0.15) is 18.9 Å². The first-order chi connectivity index (χ1) is 11.3. The minimum Gasteiger partial charge on any atom is -0.372 e. The summed E-state index contributed by atoms with van der Waals surface area (Å²) in [5, 5.41) is 15.3. The third-order valence-corrected chi connectivity index (χ3v) is 3.84. The molecule has 1 aliphatic rings. The largest absolute Gasteiger partial charge is 0.372 e. The van der Waals surface area contributed by atoms with E-state index in [2.05, 4.69) is 10.6 Å². The van der Waals surface area contributed by atoms with E-state index in [9.17, 15) is 23.9 Å². The second-order valence-electron chi connectivity index (χ2n) is 5.36. The molecule has 1 atom stereocenters. The van der Waals surface area contributed by atoms with Crippen molar-refractivity contribution in [2.75, 3.05) is 13.1 Å². The van der Waals surface area contributed by atoms with Crippen molar-refractivity contribution in [2.24, 2.45) is 0 Å². The van der Waals surface area contributed by atoms with Crippen molar-refractivity contribution in [2.45, 2.75) is 25.5 Å². The Hall–Kier alpha value is -2.19. The summed E-state index contributed by atoms with van der Waals surface area (Å²) in [4.78, 5) is 36.9. The molecule has 0 bridgehead atoms. The number of benzene rings is 1. The van der Waals surface area contributed by atoms with Gasteiger partial charge in [0.05, 0.1) is 0 Å². The van der Waals surface area contributed by atoms with E-state index in [-0.39, 0.29) is 24.5 Å². The molecule has 0 radical (unpaired) electrons. The van der Waals surface area contributed by atoms with Crippen LogP contribution in [0.15, 0.2) is 18.2 Å². The Morgan fingerprint density at radius 3 is 2.71 bits per heavy atom. The van der Waals surface area contributed by atoms with E-state index in [0.717, 1.165) is 11.0 Å². The number of urea groups is 1. The average Bonchev–Trinajstić information content (AvgIpc) is 2.81. The molecule has 0 saturated carbocycles. The van der Waals surface area contributed by atoms with E-state index >= 15 is 0 Å². The van der Waals surface area contributed by atoms with Crippen LogP contribution in [0.3, 0.4) is 0 Å². The molecule has 1 saturated heterocycles. The number of amides is 4. The number of nitrogens with one attached hydrogen (secondary N) is 2. The van der Waals surface area contributed by atoms with Gasteiger partial charge in [0, 0.05) is 31.1 Å². The van der Waals surface area contributed by atoms with Crippen LogP contribution in [-0.4, -0.2) is 46.5 Å². The zero-order valence-corrected chi connectivity index (χ0v) is 13.7. The highest BCUT2D eigenvalue weighted by Gasteiger charge is 2.53. The maximum atomic E-state index is 13.3. The standard InChI is InChI=1S/C15H17ClFN3O4/c1-2-18-14(23)20-4-3-15(24,13(20)22)12(21)19-8-9-5-10(16)7-11(17)6-9/h5-7,24H,2-4,8H2,1H3,(H,18,23)(H,19,21). The lowest BCUT2D eigenvalue weighted by molar-refractivity contribution is -0.153. The van der Waals surface area contributed by atoms with Gasteiger partial charge in [-0.25, -0.2) is 9.18 Å². The van der Waals surface area contributed by atoms with Crippen molar-refractivity contribution in [1.29, 1.82) is 0 Å². The van der Waals surface area contributed by atoms with Crippen LogP contribution in [-0.2, 0) is 16.1 Å². The van der Waals surface area contributed by atoms with Gasteiger partial charge >= 0.3 is 6.03 Å². The van der Waals surface area contributed by atoms with Gasteiger partial charge in [0.25, 0.3) is 11.8 Å². The summed E-state index contributed by atoms with van der Waals surface area (Å²) >= 11 is 5.72. The van der Waals surface area contributed by atoms with Crippen LogP contribution in [0, 0.1) is 5.82 Å². The van der Waals surface area contributed by atoms with E-state index in [1.807, 2.05) is 0 Å². The Labute approximate surface area is 142 Å². The molecule has 1 fully saturated rings. The molecule has 24 heavy (non-hydrogen) atoms. The SMILES string of the molecule is CCNC(=O)N1CCC(O)(C(=O)NCc2cc(F)cc(Cl)c2)C1=O. The Balaban J connectivity index is 2.03. The highest BCUT2D eigenvalue weighted by atomic mass is 35.5. The van der Waals surface area contributed by atoms with Gasteiger partial charge in [-0.2, -0.15) is 0 Å². The molecule has 2 rings (SSSR count). The number of nitrogens with zero attached hydrogens (tertiary/aromatic N) is 1. The number of likely N-dealkylation sites (tertiary alicyclic amines) is 1. The third kappa shape index (κ3) is 3.65. The molecule has 0 aromatic heterocycles. The molecule has 0 aliphatic carbocycles. The molecular formula is C15H17ClFN3O4. The Morgan fingerprint density at radius 1 is 1.38 bits per heavy atom. The van der Waals surface area contributed by atoms with E-state index in [0.29, 0.717) is 12.1 Å². The maximum absolute atomic E-state index is 13.3. The zero-order chi connectivity index (χ0) is 17.9. The van der Waals surface area contributed by atoms with Crippen LogP contribution in [0.4, 0.5) is 9.18 Å². The summed E-state index contributed by atoms with van der Waals surface area (Å²) in [6, 6.07) is 3.08. The number of carbonyl (C=O) groups is 3. The van der Waals surface area contributed by atoms with Crippen molar-refractivity contribution in [3.63, 3.8) is 0 Å². The van der Waals surface area contributed by atoms with Gasteiger partial charge < -0.3 is 15.7 Å². The molecule has 9 heteroatoms. The minimum atomic E-state index is -2.32. The van der Waals surface area contributed by atoms with E-state index in [4.69, 9.17) is 11.6 Å². The quantitative estimate of drug-likeness (QED) is 0.694. The summed E-state index contributed by atoms with van der Waals surface area (Å²) in [6.07, 6.45) is -0.210. The molecule has 1 heterocycles. The molecule has 4 amide bonds. The number of rotatable bonds is 4. The van der Waals surface area contributed by atoms with E-state index in [1.54, 1.807) is 6.92 Å². The van der Waals surface area contributed by atoms with Crippen LogP contribution < -0.4 is 10.6 Å². The normalized spacial score (nSPS) is 20.2. The summed E-state index contributed by atoms with van der Waals surface area (Å²) in [7, 11) is 0. The van der Waals surface area contributed by atoms with Crippen molar-refractivity contribution in [3.8, 4) is 0 Å². The molecule has 3 N–H and O–H groups in total. The minimum absolute atomic E-state index is 0.0691. The van der Waals surface area contributed by atoms with Crippen molar-refractivity contribution >= 4 is 29.4 Å². The van der Waals surface area contributed by atoms with E-state index < -0.39 is 29.3 Å². The van der Waals surface area contributed by atoms with Crippen LogP contribution in [0.5, 0.6) is 0 Å². The fourth-order valence-corrected chi connectivity index (χ4v) is 2.64. The lowest BCUT2D eigenvalue weighted by Gasteiger charge is -2.21. The lowest BCUT2D eigenvalue weighted by Crippen LogP contribution is -2.54. The number of imide groups is 1. The maximum Gasteiger partial charge on any atom is 0.324 e. The predicted octanol–water partition coefficient (Wildman–Crippen LogP) is 0.788. The van der Waals surface area contributed by atoms with Gasteiger partial charge in [0.15, 0.2) is 0 Å². The fourth-order valence-electron chi connectivity index (χ4n) is 2.40. The van der Waals surface area contributed by atoms with E-state index in [1.165, 1.54) is 12.1 Å². The Kier molecular flexibility index (Phi) is 5.40. The summed E-state index contributed by atoms with van der Waals surface area (Å²) < 4.78 is 13.3. The van der Waals surface area contributed by atoms with Crippen molar-refractivity contribution in [1.82, 2.24) is 15.5 Å². The lowest BCUT2D eigenvalue weighted by atomic mass is 10.0. The van der Waals surface area contributed by atoms with Crippen molar-refractivity contribution < 1.29 is 23.9 Å². The van der Waals surface area contributed by atoms with Gasteiger partial charge in [-0.05, 0) is 30.7 Å². The third-order valence-electron chi connectivity index (χ3n) is 3.62. The van der Waals surface area contributed by atoms with Gasteiger partial charge in [-0.15, -0.1) is 0 Å². The summed E-state index contributed by atoms with van der Waals surface area (Å²) in [5.41, 5.74) is -1.94. The van der Waals surface area contributed by atoms with Crippen LogP contribution in [0.2, 0.25) is 5.02 Å². The molecule has 1 unspecified atom stereocenters.